The predicted molar refractivity (Wildman–Crippen MR) is 116 cm³/mol. The smallest absolute Gasteiger partial charge is 0.252 e. The lowest BCUT2D eigenvalue weighted by atomic mass is 10.1. The molecule has 28 heavy (non-hydrogen) atoms. The van der Waals surface area contributed by atoms with Gasteiger partial charge in [-0.1, -0.05) is 40.2 Å². The summed E-state index contributed by atoms with van der Waals surface area (Å²) < 4.78 is 2.64. The Morgan fingerprint density at radius 2 is 2.00 bits per heavy atom. The van der Waals surface area contributed by atoms with Crippen LogP contribution in [0.2, 0.25) is 0 Å². The van der Waals surface area contributed by atoms with Gasteiger partial charge in [-0.05, 0) is 36.6 Å². The maximum Gasteiger partial charge on any atom is 0.252 e. The van der Waals surface area contributed by atoms with E-state index in [-0.39, 0.29) is 11.5 Å². The van der Waals surface area contributed by atoms with E-state index in [9.17, 15) is 9.59 Å². The van der Waals surface area contributed by atoms with Gasteiger partial charge in [0.1, 0.15) is 0 Å². The van der Waals surface area contributed by atoms with Crippen LogP contribution in [0.5, 0.6) is 0 Å². The first kappa shape index (κ1) is 18.7. The average Bonchev–Trinajstić information content (AvgIpc) is 3.18. The maximum absolute atomic E-state index is 12.8. The normalized spacial score (nSPS) is 16.5. The van der Waals surface area contributed by atoms with Crippen LogP contribution in [0, 0.1) is 5.92 Å². The number of para-hydroxylation sites is 1. The number of fused-ring (bicyclic) bond motifs is 1. The highest BCUT2D eigenvalue weighted by Crippen LogP contribution is 2.26. The fraction of sp³-hybridized carbons (Fsp3) is 0.273. The second-order valence-electron chi connectivity index (χ2n) is 7.26. The third-order valence-corrected chi connectivity index (χ3v) is 5.90. The van der Waals surface area contributed by atoms with Crippen molar-refractivity contribution in [1.29, 1.82) is 0 Å². The highest BCUT2D eigenvalue weighted by molar-refractivity contribution is 9.10. The second kappa shape index (κ2) is 7.80. The number of nitrogens with zero attached hydrogens (tertiary/aromatic N) is 2. The van der Waals surface area contributed by atoms with Crippen molar-refractivity contribution in [3.05, 3.63) is 75.0 Å². The quantitative estimate of drug-likeness (QED) is 0.675. The Balaban J connectivity index is 1.45. The Kier molecular flexibility index (Phi) is 5.22. The SMILES string of the molecule is Cn1c(=O)cc(C(=O)NCC2CCN(c3cccc(Br)c3)C2)c2ccccc21. The Labute approximate surface area is 172 Å². The molecular formula is C22H22BrN3O2. The molecule has 4 rings (SSSR count). The molecule has 5 nitrogen and oxygen atoms in total. The number of halogens is 1. The molecule has 0 bridgehead atoms. The zero-order valence-corrected chi connectivity index (χ0v) is 17.3. The maximum atomic E-state index is 12.8. The molecule has 1 saturated heterocycles. The number of amides is 1. The predicted octanol–water partition coefficient (Wildman–Crippen LogP) is 3.56. The zero-order chi connectivity index (χ0) is 19.7. The van der Waals surface area contributed by atoms with Crippen LogP contribution < -0.4 is 15.8 Å². The van der Waals surface area contributed by atoms with Crippen LogP contribution in [-0.2, 0) is 7.05 Å². The van der Waals surface area contributed by atoms with Gasteiger partial charge >= 0.3 is 0 Å². The molecule has 144 valence electrons. The Bertz CT molecular complexity index is 1090. The number of pyridine rings is 1. The second-order valence-corrected chi connectivity index (χ2v) is 8.18. The van der Waals surface area contributed by atoms with Gasteiger partial charge in [-0.15, -0.1) is 0 Å². The summed E-state index contributed by atoms with van der Waals surface area (Å²) >= 11 is 3.52. The average molecular weight is 440 g/mol. The summed E-state index contributed by atoms with van der Waals surface area (Å²) in [6, 6.07) is 17.2. The van der Waals surface area contributed by atoms with Gasteiger partial charge in [-0.2, -0.15) is 0 Å². The van der Waals surface area contributed by atoms with Crippen molar-refractivity contribution in [3.8, 4) is 0 Å². The van der Waals surface area contributed by atoms with E-state index >= 15 is 0 Å². The van der Waals surface area contributed by atoms with Gasteiger partial charge in [0.05, 0.1) is 11.1 Å². The van der Waals surface area contributed by atoms with Gasteiger partial charge in [0, 0.05) is 48.3 Å². The number of anilines is 1. The Morgan fingerprint density at radius 3 is 2.82 bits per heavy atom. The van der Waals surface area contributed by atoms with Crippen LogP contribution in [0.25, 0.3) is 10.9 Å². The molecule has 0 aliphatic carbocycles. The molecule has 0 saturated carbocycles. The number of benzene rings is 2. The van der Waals surface area contributed by atoms with Crippen molar-refractivity contribution in [2.45, 2.75) is 6.42 Å². The van der Waals surface area contributed by atoms with Crippen LogP contribution >= 0.6 is 15.9 Å². The molecule has 3 aromatic rings. The Morgan fingerprint density at radius 1 is 1.18 bits per heavy atom. The molecular weight excluding hydrogens is 418 g/mol. The number of carbonyl (C=O) groups excluding carboxylic acids is 1. The lowest BCUT2D eigenvalue weighted by Crippen LogP contribution is -2.32. The van der Waals surface area contributed by atoms with Crippen LogP contribution in [0.1, 0.15) is 16.8 Å². The van der Waals surface area contributed by atoms with E-state index in [0.29, 0.717) is 18.0 Å². The summed E-state index contributed by atoms with van der Waals surface area (Å²) in [5.74, 6) is 0.204. The van der Waals surface area contributed by atoms with Crippen LogP contribution in [0.3, 0.4) is 0 Å². The zero-order valence-electron chi connectivity index (χ0n) is 15.7. The number of nitrogens with one attached hydrogen (secondary N) is 1. The van der Waals surface area contributed by atoms with Crippen LogP contribution in [-0.4, -0.2) is 30.1 Å². The van der Waals surface area contributed by atoms with E-state index in [1.807, 2.05) is 36.4 Å². The summed E-state index contributed by atoms with van der Waals surface area (Å²) in [6.07, 6.45) is 1.03. The van der Waals surface area contributed by atoms with E-state index in [4.69, 9.17) is 0 Å². The number of aryl methyl sites for hydroxylation is 1. The minimum atomic E-state index is -0.185. The summed E-state index contributed by atoms with van der Waals surface area (Å²) in [5.41, 5.74) is 2.23. The van der Waals surface area contributed by atoms with Crippen molar-refractivity contribution in [1.82, 2.24) is 9.88 Å². The molecule has 1 aromatic heterocycles. The first-order valence-corrected chi connectivity index (χ1v) is 10.2. The number of hydrogen-bond acceptors (Lipinski definition) is 3. The lowest BCUT2D eigenvalue weighted by Gasteiger charge is -2.19. The van der Waals surface area contributed by atoms with E-state index < -0.39 is 0 Å². The molecule has 0 radical (unpaired) electrons. The molecule has 2 heterocycles. The molecule has 6 heteroatoms. The molecule has 1 amide bonds. The molecule has 1 fully saturated rings. The van der Waals surface area contributed by atoms with Crippen molar-refractivity contribution >= 4 is 38.4 Å². The standard InChI is InChI=1S/C22H22BrN3O2/c1-25-20-8-3-2-7-18(20)19(12-21(25)27)22(28)24-13-15-9-10-26(14-15)17-6-4-5-16(23)11-17/h2-8,11-12,15H,9-10,13-14H2,1H3,(H,24,28). The summed E-state index contributed by atoms with van der Waals surface area (Å²) in [4.78, 5) is 27.4. The van der Waals surface area contributed by atoms with Gasteiger partial charge in [0.25, 0.3) is 11.5 Å². The van der Waals surface area contributed by atoms with Crippen molar-refractivity contribution in [2.75, 3.05) is 24.5 Å². The molecule has 1 unspecified atom stereocenters. The first-order chi connectivity index (χ1) is 13.5. The summed E-state index contributed by atoms with van der Waals surface area (Å²) in [7, 11) is 1.72. The number of carbonyl (C=O) groups is 1. The van der Waals surface area contributed by atoms with E-state index in [0.717, 1.165) is 34.9 Å². The van der Waals surface area contributed by atoms with Crippen LogP contribution in [0.15, 0.2) is 63.9 Å². The van der Waals surface area contributed by atoms with E-state index in [1.165, 1.54) is 11.8 Å². The molecule has 1 N–H and O–H groups in total. The van der Waals surface area contributed by atoms with Crippen molar-refractivity contribution in [2.24, 2.45) is 13.0 Å². The summed E-state index contributed by atoms with van der Waals surface area (Å²) in [6.45, 7) is 2.49. The fourth-order valence-corrected chi connectivity index (χ4v) is 4.22. The highest BCUT2D eigenvalue weighted by Gasteiger charge is 2.24. The Hall–Kier alpha value is -2.60. The molecule has 1 aliphatic heterocycles. The minimum absolute atomic E-state index is 0.175. The number of aromatic nitrogens is 1. The molecule has 1 aliphatic rings. The molecule has 1 atom stereocenters. The van der Waals surface area contributed by atoms with Gasteiger partial charge in [-0.3, -0.25) is 9.59 Å². The highest BCUT2D eigenvalue weighted by atomic mass is 79.9. The third kappa shape index (κ3) is 3.69. The number of hydrogen-bond donors (Lipinski definition) is 1. The van der Waals surface area contributed by atoms with Gasteiger partial charge in [0.2, 0.25) is 0 Å². The van der Waals surface area contributed by atoms with Crippen molar-refractivity contribution in [3.63, 3.8) is 0 Å². The van der Waals surface area contributed by atoms with Gasteiger partial charge < -0.3 is 14.8 Å². The first-order valence-electron chi connectivity index (χ1n) is 9.40. The summed E-state index contributed by atoms with van der Waals surface area (Å²) in [5, 5.41) is 3.84. The third-order valence-electron chi connectivity index (χ3n) is 5.41. The molecule has 0 spiro atoms. The number of rotatable bonds is 4. The molecule has 2 aromatic carbocycles. The van der Waals surface area contributed by atoms with Gasteiger partial charge in [-0.25, -0.2) is 0 Å². The lowest BCUT2D eigenvalue weighted by molar-refractivity contribution is 0.0949. The fourth-order valence-electron chi connectivity index (χ4n) is 3.84. The van der Waals surface area contributed by atoms with Gasteiger partial charge in [0.15, 0.2) is 0 Å². The van der Waals surface area contributed by atoms with Crippen LogP contribution in [0.4, 0.5) is 5.69 Å². The van der Waals surface area contributed by atoms with Crippen molar-refractivity contribution < 1.29 is 4.79 Å². The topological polar surface area (TPSA) is 54.3 Å². The minimum Gasteiger partial charge on any atom is -0.371 e. The van der Waals surface area contributed by atoms with E-state index in [1.54, 1.807) is 11.6 Å². The largest absolute Gasteiger partial charge is 0.371 e. The van der Waals surface area contributed by atoms with E-state index in [2.05, 4.69) is 38.3 Å². The monoisotopic (exact) mass is 439 g/mol.